The number of hydrogen-bond donors (Lipinski definition) is 0. The summed E-state index contributed by atoms with van der Waals surface area (Å²) in [6.45, 7) is 9.58. The highest BCUT2D eigenvalue weighted by Gasteiger charge is 2.71. The van der Waals surface area contributed by atoms with Crippen molar-refractivity contribution in [2.75, 3.05) is 6.61 Å². The molecule has 5 heteroatoms. The van der Waals surface area contributed by atoms with Crippen molar-refractivity contribution in [3.05, 3.63) is 0 Å². The van der Waals surface area contributed by atoms with E-state index >= 15 is 0 Å². The summed E-state index contributed by atoms with van der Waals surface area (Å²) < 4.78 is 4.94. The fraction of sp³-hybridized carbons (Fsp3) is 0.750. The Balaban J connectivity index is 3.34. The van der Waals surface area contributed by atoms with E-state index in [-0.39, 0.29) is 18.4 Å². The van der Waals surface area contributed by atoms with Gasteiger partial charge in [0.2, 0.25) is 0 Å². The third-order valence-corrected chi connectivity index (χ3v) is 4.63. The normalized spacial score (nSPS) is 26.6. The van der Waals surface area contributed by atoms with Crippen molar-refractivity contribution < 1.29 is 9.53 Å². The lowest BCUT2D eigenvalue weighted by Gasteiger charge is -2.62. The van der Waals surface area contributed by atoms with Crippen LogP contribution in [0.15, 0.2) is 0 Å². The number of carbonyl (C=O) groups is 1. The number of hydrogen-bond acceptors (Lipinski definition) is 5. The third kappa shape index (κ3) is 2.26. The minimum absolute atomic E-state index is 0.108. The Kier molecular flexibility index (Phi) is 4.65. The molecule has 0 bridgehead atoms. The Bertz CT molecular complexity index is 531. The van der Waals surface area contributed by atoms with E-state index in [0.29, 0.717) is 0 Å². The molecule has 0 aromatic carbocycles. The van der Waals surface area contributed by atoms with Crippen LogP contribution in [-0.2, 0) is 9.53 Å². The van der Waals surface area contributed by atoms with Crippen LogP contribution in [0.5, 0.6) is 0 Å². The highest BCUT2D eigenvalue weighted by molar-refractivity contribution is 5.76. The van der Waals surface area contributed by atoms with Gasteiger partial charge in [-0.3, -0.25) is 4.79 Å². The van der Waals surface area contributed by atoms with E-state index in [2.05, 4.69) is 12.1 Å². The van der Waals surface area contributed by atoms with Crippen LogP contribution in [0, 0.1) is 68.5 Å². The fourth-order valence-electron chi connectivity index (χ4n) is 4.34. The first-order valence-electron chi connectivity index (χ1n) is 7.13. The maximum Gasteiger partial charge on any atom is 0.323 e. The van der Waals surface area contributed by atoms with Crippen LogP contribution in [0.2, 0.25) is 0 Å². The first kappa shape index (κ1) is 17.0. The van der Waals surface area contributed by atoms with Crippen LogP contribution in [-0.4, -0.2) is 12.6 Å². The summed E-state index contributed by atoms with van der Waals surface area (Å²) in [4.78, 5) is 12.0. The quantitative estimate of drug-likeness (QED) is 0.740. The van der Waals surface area contributed by atoms with Crippen molar-refractivity contribution in [2.45, 2.75) is 34.6 Å². The second-order valence-electron chi connectivity index (χ2n) is 6.47. The number of carbonyl (C=O) groups excluding carboxylic acids is 1. The van der Waals surface area contributed by atoms with Gasteiger partial charge in [0.1, 0.15) is 5.92 Å². The van der Waals surface area contributed by atoms with E-state index in [9.17, 15) is 20.6 Å². The van der Waals surface area contributed by atoms with Crippen molar-refractivity contribution in [3.63, 3.8) is 0 Å². The monoisotopic (exact) mass is 287 g/mol. The second kappa shape index (κ2) is 5.74. The first-order chi connectivity index (χ1) is 9.74. The van der Waals surface area contributed by atoms with Crippen LogP contribution in [0.4, 0.5) is 0 Å². The van der Waals surface area contributed by atoms with Crippen molar-refractivity contribution in [1.29, 1.82) is 15.8 Å². The molecule has 1 aliphatic rings. The van der Waals surface area contributed by atoms with Gasteiger partial charge in [-0.05, 0) is 24.2 Å². The van der Waals surface area contributed by atoms with E-state index in [4.69, 9.17) is 4.74 Å². The molecule has 0 aliphatic heterocycles. The second-order valence-corrected chi connectivity index (χ2v) is 6.47. The maximum atomic E-state index is 12.0. The van der Waals surface area contributed by atoms with Crippen molar-refractivity contribution in [1.82, 2.24) is 0 Å². The fourth-order valence-corrected chi connectivity index (χ4v) is 4.34. The average molecular weight is 287 g/mol. The van der Waals surface area contributed by atoms with Gasteiger partial charge in [-0.15, -0.1) is 0 Å². The van der Waals surface area contributed by atoms with Gasteiger partial charge in [0.05, 0.1) is 24.8 Å². The van der Waals surface area contributed by atoms with Crippen molar-refractivity contribution in [3.8, 4) is 18.2 Å². The molecule has 3 atom stereocenters. The largest absolute Gasteiger partial charge is 0.465 e. The molecule has 0 aromatic rings. The van der Waals surface area contributed by atoms with Gasteiger partial charge in [0, 0.05) is 5.92 Å². The van der Waals surface area contributed by atoms with Crippen LogP contribution < -0.4 is 0 Å². The zero-order valence-corrected chi connectivity index (χ0v) is 13.2. The van der Waals surface area contributed by atoms with Crippen LogP contribution in [0.3, 0.4) is 0 Å². The van der Waals surface area contributed by atoms with Gasteiger partial charge >= 0.3 is 5.97 Å². The molecule has 1 saturated carbocycles. The molecule has 0 N–H and O–H groups in total. The number of nitriles is 3. The highest BCUT2D eigenvalue weighted by Crippen LogP contribution is 2.68. The lowest BCUT2D eigenvalue weighted by Crippen LogP contribution is -2.66. The molecule has 0 aromatic heterocycles. The molecule has 21 heavy (non-hydrogen) atoms. The van der Waals surface area contributed by atoms with Crippen LogP contribution >= 0.6 is 0 Å². The summed E-state index contributed by atoms with van der Waals surface area (Å²) in [5.41, 5.74) is -1.77. The Labute approximate surface area is 126 Å². The zero-order chi connectivity index (χ0) is 16.4. The molecule has 0 spiro atoms. The van der Waals surface area contributed by atoms with Gasteiger partial charge in [-0.2, -0.15) is 15.8 Å². The lowest BCUT2D eigenvalue weighted by atomic mass is 9.36. The topological polar surface area (TPSA) is 97.7 Å². The third-order valence-electron chi connectivity index (χ3n) is 4.63. The summed E-state index contributed by atoms with van der Waals surface area (Å²) in [5, 5.41) is 28.5. The summed E-state index contributed by atoms with van der Waals surface area (Å²) >= 11 is 0. The van der Waals surface area contributed by atoms with Crippen molar-refractivity contribution in [2.24, 2.45) is 34.5 Å². The molecule has 5 nitrogen and oxygen atoms in total. The number of esters is 1. The SMILES string of the molecule is CCOC(=O)[C@@H](C#N)[C@H]1C(C)(C)[C@H](C(C)C)C1(C#N)C#N. The predicted octanol–water partition coefficient (Wildman–Crippen LogP) is 2.65. The Morgan fingerprint density at radius 1 is 1.19 bits per heavy atom. The van der Waals surface area contributed by atoms with Gasteiger partial charge in [0.25, 0.3) is 0 Å². The smallest absolute Gasteiger partial charge is 0.323 e. The number of nitrogens with zero attached hydrogens (tertiary/aromatic N) is 3. The standard InChI is InChI=1S/C16H21N3O2/c1-6-21-14(20)11(7-17)13-15(4,5)12(10(2)3)16(13,8-18)9-19/h10-13H,6H2,1-5H3/t11-,12-,13-/m0/s1. The summed E-state index contributed by atoms with van der Waals surface area (Å²) in [6.07, 6.45) is 0. The predicted molar refractivity (Wildman–Crippen MR) is 75.0 cm³/mol. The van der Waals surface area contributed by atoms with Gasteiger partial charge in [-0.1, -0.05) is 27.7 Å². The summed E-state index contributed by atoms with van der Waals surface area (Å²) in [7, 11) is 0. The maximum absolute atomic E-state index is 12.0. The van der Waals surface area contributed by atoms with Crippen LogP contribution in [0.1, 0.15) is 34.6 Å². The van der Waals surface area contributed by atoms with E-state index in [1.54, 1.807) is 6.92 Å². The molecule has 1 rings (SSSR count). The summed E-state index contributed by atoms with van der Waals surface area (Å²) in [6, 6.07) is 6.14. The lowest BCUT2D eigenvalue weighted by molar-refractivity contribution is -0.179. The molecule has 1 fully saturated rings. The van der Waals surface area contributed by atoms with Gasteiger partial charge < -0.3 is 4.74 Å². The minimum Gasteiger partial charge on any atom is -0.465 e. The molecule has 0 unspecified atom stereocenters. The van der Waals surface area contributed by atoms with Gasteiger partial charge in [-0.25, -0.2) is 0 Å². The Hall–Kier alpha value is -2.06. The molecule has 0 radical (unpaired) electrons. The van der Waals surface area contributed by atoms with Gasteiger partial charge in [0.15, 0.2) is 5.41 Å². The molecule has 0 heterocycles. The van der Waals surface area contributed by atoms with E-state index in [0.717, 1.165) is 0 Å². The number of rotatable bonds is 4. The summed E-state index contributed by atoms with van der Waals surface area (Å²) in [5.74, 6) is -2.45. The molecular weight excluding hydrogens is 266 g/mol. The van der Waals surface area contributed by atoms with Crippen LogP contribution in [0.25, 0.3) is 0 Å². The first-order valence-corrected chi connectivity index (χ1v) is 7.13. The zero-order valence-electron chi connectivity index (χ0n) is 13.2. The van der Waals surface area contributed by atoms with E-state index in [1.807, 2.05) is 33.8 Å². The molecule has 0 saturated heterocycles. The highest BCUT2D eigenvalue weighted by atomic mass is 16.5. The Morgan fingerprint density at radius 2 is 1.71 bits per heavy atom. The molecule has 0 amide bonds. The van der Waals surface area contributed by atoms with E-state index in [1.165, 1.54) is 0 Å². The molecular formula is C16H21N3O2. The molecule has 1 aliphatic carbocycles. The average Bonchev–Trinajstić information content (AvgIpc) is 2.41. The van der Waals surface area contributed by atoms with Crippen molar-refractivity contribution >= 4 is 5.97 Å². The minimum atomic E-state index is -1.31. The number of ether oxygens (including phenoxy) is 1. The molecule has 112 valence electrons. The van der Waals surface area contributed by atoms with E-state index < -0.39 is 28.6 Å². The Morgan fingerprint density at radius 3 is 2.05 bits per heavy atom.